The second-order valence-electron chi connectivity index (χ2n) is 6.87. The first kappa shape index (κ1) is 25.0. The van der Waals surface area contributed by atoms with E-state index in [2.05, 4.69) is 23.7 Å². The van der Waals surface area contributed by atoms with Gasteiger partial charge in [-0.05, 0) is 49.8 Å². The zero-order chi connectivity index (χ0) is 21.8. The first-order valence-electron chi connectivity index (χ1n) is 9.82. The third-order valence-corrected chi connectivity index (χ3v) is 6.30. The average Bonchev–Trinajstić information content (AvgIpc) is 3.19. The van der Waals surface area contributed by atoms with Crippen molar-refractivity contribution in [3.05, 3.63) is 53.1 Å². The molecule has 1 aromatic heterocycles. The molecule has 168 valence electrons. The number of benzene rings is 2. The van der Waals surface area contributed by atoms with Gasteiger partial charge in [0.05, 0.1) is 11.8 Å². The molecule has 3 rings (SSSR count). The molecule has 9 heteroatoms. The molecule has 0 saturated heterocycles. The maximum Gasteiger partial charge on any atom is 0.260 e. The van der Waals surface area contributed by atoms with Gasteiger partial charge in [-0.15, -0.1) is 12.4 Å². The van der Waals surface area contributed by atoms with Crippen molar-refractivity contribution in [2.45, 2.75) is 20.8 Å². The zero-order valence-electron chi connectivity index (χ0n) is 17.9. The summed E-state index contributed by atoms with van der Waals surface area (Å²) in [6.45, 7) is 8.77. The monoisotopic (exact) mass is 469 g/mol. The van der Waals surface area contributed by atoms with Crippen molar-refractivity contribution in [2.75, 3.05) is 38.2 Å². The summed E-state index contributed by atoms with van der Waals surface area (Å²) in [4.78, 5) is 21.7. The van der Waals surface area contributed by atoms with Crippen LogP contribution in [0.1, 0.15) is 29.8 Å². The van der Waals surface area contributed by atoms with Crippen LogP contribution < -0.4 is 9.64 Å². The van der Waals surface area contributed by atoms with E-state index in [1.54, 1.807) is 7.11 Å². The number of aryl methyl sites for hydroxylation is 1. The molecule has 3 aromatic rings. The number of rotatable bonds is 8. The minimum atomic E-state index is -1.05. The Morgan fingerprint density at radius 3 is 2.42 bits per heavy atom. The maximum atomic E-state index is 13.8. The van der Waals surface area contributed by atoms with Gasteiger partial charge in [0.2, 0.25) is 0 Å². The van der Waals surface area contributed by atoms with Gasteiger partial charge in [-0.3, -0.25) is 9.69 Å². The third-order valence-electron chi connectivity index (χ3n) is 5.09. The summed E-state index contributed by atoms with van der Waals surface area (Å²) in [5, 5.41) is 0.500. The number of likely N-dealkylation sites (N-methyl/N-ethyl adjacent to an activating group) is 1. The molecule has 0 aliphatic heterocycles. The standard InChI is InChI=1S/C22H25F2N3O2S.ClH/c1-5-26(6-2)11-12-27(21(28)15-8-9-16(23)17(24)13-15)22-25-19-18(29-4)10-7-14(3)20(19)30-22;/h7-10,13H,5-6,11-12H2,1-4H3;1H. The molecule has 0 aliphatic rings. The molecule has 0 bridgehead atoms. The number of methoxy groups -OCH3 is 1. The Morgan fingerprint density at radius 2 is 1.81 bits per heavy atom. The molecule has 0 aliphatic carbocycles. The van der Waals surface area contributed by atoms with Crippen LogP contribution in [0.2, 0.25) is 0 Å². The van der Waals surface area contributed by atoms with Gasteiger partial charge in [0.15, 0.2) is 16.8 Å². The van der Waals surface area contributed by atoms with Crippen molar-refractivity contribution >= 4 is 45.0 Å². The number of hydrogen-bond acceptors (Lipinski definition) is 5. The number of ether oxygens (including phenoxy) is 1. The predicted octanol–water partition coefficient (Wildman–Crippen LogP) is 5.30. The molecule has 0 N–H and O–H groups in total. The number of amides is 1. The smallest absolute Gasteiger partial charge is 0.260 e. The van der Waals surface area contributed by atoms with Gasteiger partial charge in [-0.25, -0.2) is 13.8 Å². The quantitative estimate of drug-likeness (QED) is 0.449. The molecule has 0 fully saturated rings. The van der Waals surface area contributed by atoms with Gasteiger partial charge in [0.25, 0.3) is 5.91 Å². The normalized spacial score (nSPS) is 10.9. The van der Waals surface area contributed by atoms with Crippen molar-refractivity contribution in [2.24, 2.45) is 0 Å². The maximum absolute atomic E-state index is 13.8. The van der Waals surface area contributed by atoms with Crippen LogP contribution in [0.3, 0.4) is 0 Å². The molecule has 31 heavy (non-hydrogen) atoms. The Balaban J connectivity index is 0.00000341. The Bertz CT molecular complexity index is 1060. The van der Waals surface area contributed by atoms with Crippen molar-refractivity contribution in [3.63, 3.8) is 0 Å². The topological polar surface area (TPSA) is 45.7 Å². The van der Waals surface area contributed by atoms with E-state index in [9.17, 15) is 13.6 Å². The summed E-state index contributed by atoms with van der Waals surface area (Å²) in [6, 6.07) is 6.99. The summed E-state index contributed by atoms with van der Waals surface area (Å²) in [6.07, 6.45) is 0. The average molecular weight is 470 g/mol. The number of halogens is 3. The number of anilines is 1. The second-order valence-corrected chi connectivity index (χ2v) is 7.85. The summed E-state index contributed by atoms with van der Waals surface area (Å²) in [5.74, 6) is -1.83. The molecule has 0 atom stereocenters. The molecule has 5 nitrogen and oxygen atoms in total. The zero-order valence-corrected chi connectivity index (χ0v) is 19.6. The van der Waals surface area contributed by atoms with Gasteiger partial charge in [-0.1, -0.05) is 31.3 Å². The largest absolute Gasteiger partial charge is 0.494 e. The SMILES string of the molecule is CCN(CC)CCN(C(=O)c1ccc(F)c(F)c1)c1nc2c(OC)ccc(C)c2s1.Cl. The Labute approximate surface area is 191 Å². The van der Waals surface area contributed by atoms with Crippen LogP contribution in [0.15, 0.2) is 30.3 Å². The lowest BCUT2D eigenvalue weighted by Gasteiger charge is -2.24. The van der Waals surface area contributed by atoms with Crippen LogP contribution in [-0.4, -0.2) is 49.1 Å². The highest BCUT2D eigenvalue weighted by molar-refractivity contribution is 7.22. The molecule has 0 spiro atoms. The van der Waals surface area contributed by atoms with E-state index in [1.807, 2.05) is 19.1 Å². The number of fused-ring (bicyclic) bond motifs is 1. The Morgan fingerprint density at radius 1 is 1.10 bits per heavy atom. The summed E-state index contributed by atoms with van der Waals surface area (Å²) >= 11 is 1.39. The van der Waals surface area contributed by atoms with Crippen molar-refractivity contribution in [1.29, 1.82) is 0 Å². The van der Waals surface area contributed by atoms with E-state index in [1.165, 1.54) is 22.3 Å². The lowest BCUT2D eigenvalue weighted by Crippen LogP contribution is -2.39. The van der Waals surface area contributed by atoms with Crippen LogP contribution >= 0.6 is 23.7 Å². The molecule has 1 heterocycles. The molecule has 0 radical (unpaired) electrons. The van der Waals surface area contributed by atoms with Crippen LogP contribution in [0.4, 0.5) is 13.9 Å². The number of thiazole rings is 1. The predicted molar refractivity (Wildman–Crippen MR) is 124 cm³/mol. The van der Waals surface area contributed by atoms with Crippen LogP contribution in [-0.2, 0) is 0 Å². The minimum absolute atomic E-state index is 0. The number of carbonyl (C=O) groups excluding carboxylic acids is 1. The molecule has 0 unspecified atom stereocenters. The van der Waals surface area contributed by atoms with E-state index in [4.69, 9.17) is 4.74 Å². The molecular weight excluding hydrogens is 444 g/mol. The minimum Gasteiger partial charge on any atom is -0.494 e. The highest BCUT2D eigenvalue weighted by Crippen LogP contribution is 2.36. The summed E-state index contributed by atoms with van der Waals surface area (Å²) < 4.78 is 33.5. The number of nitrogens with zero attached hydrogens (tertiary/aromatic N) is 3. The lowest BCUT2D eigenvalue weighted by atomic mass is 10.2. The number of carbonyl (C=O) groups is 1. The van der Waals surface area contributed by atoms with Gasteiger partial charge >= 0.3 is 0 Å². The highest BCUT2D eigenvalue weighted by atomic mass is 35.5. The van der Waals surface area contributed by atoms with E-state index >= 15 is 0 Å². The third kappa shape index (κ3) is 5.31. The van der Waals surface area contributed by atoms with E-state index in [0.29, 0.717) is 29.5 Å². The van der Waals surface area contributed by atoms with Crippen LogP contribution in [0.25, 0.3) is 10.2 Å². The number of aromatic nitrogens is 1. The molecule has 0 saturated carbocycles. The van der Waals surface area contributed by atoms with Gasteiger partial charge in [0.1, 0.15) is 11.3 Å². The van der Waals surface area contributed by atoms with Gasteiger partial charge < -0.3 is 9.64 Å². The second kappa shape index (κ2) is 10.8. The highest BCUT2D eigenvalue weighted by Gasteiger charge is 2.24. The van der Waals surface area contributed by atoms with Crippen LogP contribution in [0.5, 0.6) is 5.75 Å². The first-order valence-corrected chi connectivity index (χ1v) is 10.6. The fourth-order valence-corrected chi connectivity index (χ4v) is 4.30. The van der Waals surface area contributed by atoms with Crippen LogP contribution in [0, 0.1) is 18.6 Å². The molecule has 2 aromatic carbocycles. The van der Waals surface area contributed by atoms with Crippen molar-refractivity contribution < 1.29 is 18.3 Å². The first-order chi connectivity index (χ1) is 14.4. The fraction of sp³-hybridized carbons (Fsp3) is 0.364. The fourth-order valence-electron chi connectivity index (χ4n) is 3.23. The van der Waals surface area contributed by atoms with Crippen molar-refractivity contribution in [3.8, 4) is 5.75 Å². The van der Waals surface area contributed by atoms with E-state index in [-0.39, 0.29) is 18.0 Å². The molecular formula is C22H26ClF2N3O2S. The van der Waals surface area contributed by atoms with Gasteiger partial charge in [0, 0.05) is 18.7 Å². The van der Waals surface area contributed by atoms with E-state index < -0.39 is 17.5 Å². The Hall–Kier alpha value is -2.29. The van der Waals surface area contributed by atoms with Gasteiger partial charge in [-0.2, -0.15) is 0 Å². The Kier molecular flexibility index (Phi) is 8.73. The number of hydrogen-bond donors (Lipinski definition) is 0. The lowest BCUT2D eigenvalue weighted by molar-refractivity contribution is 0.0983. The van der Waals surface area contributed by atoms with Crippen molar-refractivity contribution in [1.82, 2.24) is 9.88 Å². The summed E-state index contributed by atoms with van der Waals surface area (Å²) in [7, 11) is 1.58. The summed E-state index contributed by atoms with van der Waals surface area (Å²) in [5.41, 5.74) is 1.79. The molecule has 1 amide bonds. The van der Waals surface area contributed by atoms with E-state index in [0.717, 1.165) is 35.5 Å².